The molecule has 0 saturated heterocycles. The van der Waals surface area contributed by atoms with Crippen LogP contribution >= 0.6 is 11.3 Å². The molecule has 116 valence electrons. The van der Waals surface area contributed by atoms with Crippen LogP contribution in [0, 0.1) is 18.7 Å². The second-order valence-corrected chi connectivity index (χ2v) is 6.61. The molecule has 0 spiro atoms. The van der Waals surface area contributed by atoms with Gasteiger partial charge < -0.3 is 5.32 Å². The van der Waals surface area contributed by atoms with Crippen molar-refractivity contribution in [3.63, 3.8) is 0 Å². The molecule has 2 aromatic rings. The summed E-state index contributed by atoms with van der Waals surface area (Å²) in [5.74, 6) is 0.0701. The smallest absolute Gasteiger partial charge is 0.308 e. The summed E-state index contributed by atoms with van der Waals surface area (Å²) in [6.07, 6.45) is 2.33. The van der Waals surface area contributed by atoms with Crippen molar-refractivity contribution >= 4 is 17.2 Å². The predicted octanol–water partition coefficient (Wildman–Crippen LogP) is 2.55. The fourth-order valence-electron chi connectivity index (χ4n) is 2.33. The van der Waals surface area contributed by atoms with E-state index < -0.39 is 0 Å². The monoisotopic (exact) mass is 320 g/mol. The molecule has 0 unspecified atom stereocenters. The number of thiazole rings is 1. The summed E-state index contributed by atoms with van der Waals surface area (Å²) in [7, 11) is 0. The number of nitrogens with zero attached hydrogens (tertiary/aromatic N) is 1. The van der Waals surface area contributed by atoms with E-state index in [9.17, 15) is 14.0 Å². The Labute approximate surface area is 131 Å². The molecule has 1 aliphatic rings. The maximum Gasteiger partial charge on any atom is 0.308 e. The van der Waals surface area contributed by atoms with Crippen LogP contribution in [-0.4, -0.2) is 17.0 Å². The maximum absolute atomic E-state index is 13.2. The van der Waals surface area contributed by atoms with Gasteiger partial charge in [0, 0.05) is 12.2 Å². The Balaban J connectivity index is 1.80. The zero-order chi connectivity index (χ0) is 15.7. The minimum Gasteiger partial charge on any atom is -0.351 e. The number of halogens is 1. The largest absolute Gasteiger partial charge is 0.351 e. The Bertz CT molecular complexity index is 762. The first-order valence-electron chi connectivity index (χ1n) is 7.27. The lowest BCUT2D eigenvalue weighted by Crippen LogP contribution is -2.25. The molecule has 0 radical (unpaired) electrons. The number of rotatable bonds is 5. The van der Waals surface area contributed by atoms with Gasteiger partial charge in [-0.15, -0.1) is 0 Å². The summed E-state index contributed by atoms with van der Waals surface area (Å²) < 4.78 is 14.8. The summed E-state index contributed by atoms with van der Waals surface area (Å²) in [5.41, 5.74) is 1.33. The molecule has 1 aromatic heterocycles. The Kier molecular flexibility index (Phi) is 4.11. The molecule has 0 atom stereocenters. The number of aromatic nitrogens is 1. The molecule has 1 aromatic carbocycles. The Morgan fingerprint density at radius 3 is 2.91 bits per heavy atom. The molecule has 3 rings (SSSR count). The first-order valence-corrected chi connectivity index (χ1v) is 8.09. The van der Waals surface area contributed by atoms with Gasteiger partial charge in [0.15, 0.2) is 0 Å². The van der Waals surface area contributed by atoms with E-state index in [1.165, 1.54) is 16.7 Å². The van der Waals surface area contributed by atoms with Crippen molar-refractivity contribution < 1.29 is 9.18 Å². The van der Waals surface area contributed by atoms with Gasteiger partial charge in [-0.2, -0.15) is 0 Å². The van der Waals surface area contributed by atoms with E-state index in [2.05, 4.69) is 5.32 Å². The normalized spacial score (nSPS) is 14.1. The molecule has 0 aliphatic heterocycles. The third-order valence-electron chi connectivity index (χ3n) is 3.83. The number of carbonyl (C=O) groups excluding carboxylic acids is 1. The van der Waals surface area contributed by atoms with Gasteiger partial charge in [0.2, 0.25) is 0 Å². The van der Waals surface area contributed by atoms with Crippen LogP contribution in [0.2, 0.25) is 0 Å². The number of nitrogens with one attached hydrogen (secondary N) is 1. The van der Waals surface area contributed by atoms with E-state index in [0.29, 0.717) is 28.6 Å². The van der Waals surface area contributed by atoms with Crippen molar-refractivity contribution in [1.82, 2.24) is 9.88 Å². The van der Waals surface area contributed by atoms with E-state index >= 15 is 0 Å². The van der Waals surface area contributed by atoms with E-state index in [-0.39, 0.29) is 23.1 Å². The summed E-state index contributed by atoms with van der Waals surface area (Å²) in [4.78, 5) is 24.5. The summed E-state index contributed by atoms with van der Waals surface area (Å²) in [6.45, 7) is 2.70. The zero-order valence-corrected chi connectivity index (χ0v) is 13.1. The Morgan fingerprint density at radius 1 is 1.45 bits per heavy atom. The first kappa shape index (κ1) is 15.0. The molecule has 6 heteroatoms. The fraction of sp³-hybridized carbons (Fsp3) is 0.375. The van der Waals surface area contributed by atoms with Crippen molar-refractivity contribution in [2.45, 2.75) is 26.3 Å². The molecular weight excluding hydrogens is 303 g/mol. The van der Waals surface area contributed by atoms with Crippen molar-refractivity contribution in [1.29, 1.82) is 0 Å². The molecule has 1 N–H and O–H groups in total. The van der Waals surface area contributed by atoms with Crippen LogP contribution in [0.1, 0.15) is 33.8 Å². The highest BCUT2D eigenvalue weighted by atomic mass is 32.1. The number of carbonyl (C=O) groups is 1. The van der Waals surface area contributed by atoms with Gasteiger partial charge in [-0.3, -0.25) is 14.2 Å². The van der Waals surface area contributed by atoms with Crippen LogP contribution in [-0.2, 0) is 6.54 Å². The average Bonchev–Trinajstić information content (AvgIpc) is 3.27. The van der Waals surface area contributed by atoms with Crippen LogP contribution in [0.5, 0.6) is 0 Å². The number of hydrogen-bond acceptors (Lipinski definition) is 3. The maximum atomic E-state index is 13.2. The third-order valence-corrected chi connectivity index (χ3v) is 4.91. The minimum atomic E-state index is -0.333. The van der Waals surface area contributed by atoms with Gasteiger partial charge in [0.25, 0.3) is 5.91 Å². The lowest BCUT2D eigenvalue weighted by Gasteiger charge is -2.07. The van der Waals surface area contributed by atoms with Gasteiger partial charge in [0.1, 0.15) is 10.7 Å². The minimum absolute atomic E-state index is 0.190. The summed E-state index contributed by atoms with van der Waals surface area (Å²) in [6, 6.07) is 6.14. The molecule has 1 amide bonds. The first-order chi connectivity index (χ1) is 10.5. The molecule has 1 aliphatic carbocycles. The van der Waals surface area contributed by atoms with Crippen molar-refractivity contribution in [3.8, 4) is 0 Å². The topological polar surface area (TPSA) is 51.1 Å². The van der Waals surface area contributed by atoms with E-state index in [1.54, 1.807) is 19.1 Å². The molecule has 1 fully saturated rings. The summed E-state index contributed by atoms with van der Waals surface area (Å²) in [5, 5.41) is 2.87. The number of hydrogen-bond donors (Lipinski definition) is 1. The Hall–Kier alpha value is -1.95. The SMILES string of the molecule is Cc1c(C(=O)NCC2CC2)sc(=O)n1Cc1cccc(F)c1. The van der Waals surface area contributed by atoms with Gasteiger partial charge >= 0.3 is 4.87 Å². The average molecular weight is 320 g/mol. The van der Waals surface area contributed by atoms with Gasteiger partial charge in [-0.05, 0) is 43.4 Å². The summed E-state index contributed by atoms with van der Waals surface area (Å²) >= 11 is 0.946. The number of benzene rings is 1. The second kappa shape index (κ2) is 6.04. The number of amides is 1. The molecule has 1 heterocycles. The molecular formula is C16H17FN2O2S. The second-order valence-electron chi connectivity index (χ2n) is 5.65. The molecule has 0 bridgehead atoms. The highest BCUT2D eigenvalue weighted by Gasteiger charge is 2.23. The van der Waals surface area contributed by atoms with E-state index in [4.69, 9.17) is 0 Å². The standard InChI is InChI=1S/C16H17FN2O2S/c1-10-14(15(20)18-8-11-5-6-11)22-16(21)19(10)9-12-3-2-4-13(17)7-12/h2-4,7,11H,5-6,8-9H2,1H3,(H,18,20). The van der Waals surface area contributed by atoms with Crippen molar-refractivity contribution in [2.75, 3.05) is 6.54 Å². The van der Waals surface area contributed by atoms with Gasteiger partial charge in [0.05, 0.1) is 6.54 Å². The van der Waals surface area contributed by atoms with Crippen LogP contribution in [0.25, 0.3) is 0 Å². The van der Waals surface area contributed by atoms with Crippen LogP contribution in [0.3, 0.4) is 0 Å². The Morgan fingerprint density at radius 2 is 2.23 bits per heavy atom. The van der Waals surface area contributed by atoms with Gasteiger partial charge in [-0.1, -0.05) is 23.5 Å². The predicted molar refractivity (Wildman–Crippen MR) is 83.9 cm³/mol. The van der Waals surface area contributed by atoms with Crippen LogP contribution in [0.4, 0.5) is 4.39 Å². The van der Waals surface area contributed by atoms with Crippen LogP contribution in [0.15, 0.2) is 29.1 Å². The van der Waals surface area contributed by atoms with Crippen LogP contribution < -0.4 is 10.2 Å². The molecule has 4 nitrogen and oxygen atoms in total. The van der Waals surface area contributed by atoms with Crippen molar-refractivity contribution in [3.05, 3.63) is 55.9 Å². The van der Waals surface area contributed by atoms with E-state index in [1.807, 2.05) is 0 Å². The lowest BCUT2D eigenvalue weighted by atomic mass is 10.2. The fourth-order valence-corrected chi connectivity index (χ4v) is 3.24. The highest BCUT2D eigenvalue weighted by molar-refractivity contribution is 7.11. The quantitative estimate of drug-likeness (QED) is 0.920. The third kappa shape index (κ3) is 3.27. The van der Waals surface area contributed by atoms with Gasteiger partial charge in [-0.25, -0.2) is 4.39 Å². The van der Waals surface area contributed by atoms with Crippen molar-refractivity contribution in [2.24, 2.45) is 5.92 Å². The molecule has 22 heavy (non-hydrogen) atoms. The zero-order valence-electron chi connectivity index (χ0n) is 12.3. The highest BCUT2D eigenvalue weighted by Crippen LogP contribution is 2.27. The molecule has 1 saturated carbocycles. The lowest BCUT2D eigenvalue weighted by molar-refractivity contribution is 0.0954. The van der Waals surface area contributed by atoms with E-state index in [0.717, 1.165) is 24.2 Å².